The minimum Gasteiger partial charge on any atom is -0.481 e. The molecule has 8 N–H and O–H groups in total. The molecule has 31 heavy (non-hydrogen) atoms. The molecular formula is C18H32N4O8S. The third kappa shape index (κ3) is 10.5. The number of carboxylic acid groups (broad SMARTS) is 2. The van der Waals surface area contributed by atoms with Gasteiger partial charge in [-0.3, -0.25) is 19.2 Å². The van der Waals surface area contributed by atoms with Crippen LogP contribution in [0, 0.1) is 5.92 Å². The van der Waals surface area contributed by atoms with Crippen LogP contribution in [-0.2, 0) is 24.0 Å². The summed E-state index contributed by atoms with van der Waals surface area (Å²) in [6, 6.07) is -5.28. The van der Waals surface area contributed by atoms with Crippen LogP contribution in [0.2, 0.25) is 0 Å². The fourth-order valence-corrected chi connectivity index (χ4v) is 2.89. The highest BCUT2D eigenvalue weighted by Gasteiger charge is 2.32. The van der Waals surface area contributed by atoms with Gasteiger partial charge in [0.25, 0.3) is 0 Å². The highest BCUT2D eigenvalue weighted by molar-refractivity contribution is 7.98. The Hall–Kier alpha value is -2.38. The van der Waals surface area contributed by atoms with E-state index in [-0.39, 0.29) is 6.42 Å². The Bertz CT molecular complexity index is 658. The van der Waals surface area contributed by atoms with Crippen molar-refractivity contribution in [1.29, 1.82) is 0 Å². The van der Waals surface area contributed by atoms with Crippen LogP contribution in [0.5, 0.6) is 0 Å². The van der Waals surface area contributed by atoms with Gasteiger partial charge in [-0.25, -0.2) is 4.79 Å². The Morgan fingerprint density at radius 3 is 1.84 bits per heavy atom. The zero-order valence-corrected chi connectivity index (χ0v) is 18.8. The Labute approximate surface area is 184 Å². The second kappa shape index (κ2) is 13.8. The lowest BCUT2D eigenvalue weighted by Crippen LogP contribution is -2.58. The molecule has 0 aromatic heterocycles. The summed E-state index contributed by atoms with van der Waals surface area (Å²) in [5.74, 6) is -5.34. The first-order valence-corrected chi connectivity index (χ1v) is 11.0. The summed E-state index contributed by atoms with van der Waals surface area (Å²) < 4.78 is 0. The van der Waals surface area contributed by atoms with E-state index in [2.05, 4.69) is 16.0 Å². The molecule has 5 unspecified atom stereocenters. The normalized spacial score (nSPS) is 15.8. The van der Waals surface area contributed by atoms with Crippen molar-refractivity contribution in [2.75, 3.05) is 12.0 Å². The van der Waals surface area contributed by atoms with Crippen molar-refractivity contribution in [2.45, 2.75) is 63.9 Å². The van der Waals surface area contributed by atoms with Crippen molar-refractivity contribution >= 4 is 41.4 Å². The molecule has 5 atom stereocenters. The first kappa shape index (κ1) is 28.6. The number of carbonyl (C=O) groups is 5. The maximum absolute atomic E-state index is 12.7. The molecule has 0 radical (unpaired) electrons. The van der Waals surface area contributed by atoms with Gasteiger partial charge >= 0.3 is 11.9 Å². The van der Waals surface area contributed by atoms with Crippen LogP contribution < -0.4 is 21.7 Å². The zero-order chi connectivity index (χ0) is 24.3. The standard InChI is InChI=1S/C18H32N4O8S/c1-8(2)14(18(29)30)22-16(27)11(7-12(24)25)21-15(26)10(5-6-31-4)20-17(28)13(19)9(3)23/h8-11,13-14,23H,5-7,19H2,1-4H3,(H,20,28)(H,21,26)(H,22,27)(H,24,25)(H,29,30). The molecule has 0 aromatic carbocycles. The third-order valence-corrected chi connectivity index (χ3v) is 4.95. The number of carboxylic acids is 2. The largest absolute Gasteiger partial charge is 0.481 e. The molecule has 0 aliphatic heterocycles. The Morgan fingerprint density at radius 1 is 0.903 bits per heavy atom. The molecule has 178 valence electrons. The van der Waals surface area contributed by atoms with Gasteiger partial charge < -0.3 is 37.0 Å². The van der Waals surface area contributed by atoms with Crippen molar-refractivity contribution in [3.8, 4) is 0 Å². The van der Waals surface area contributed by atoms with E-state index in [0.29, 0.717) is 5.75 Å². The summed E-state index contributed by atoms with van der Waals surface area (Å²) in [5, 5.41) is 34.6. The maximum Gasteiger partial charge on any atom is 0.326 e. The van der Waals surface area contributed by atoms with Gasteiger partial charge in [0.2, 0.25) is 17.7 Å². The summed E-state index contributed by atoms with van der Waals surface area (Å²) >= 11 is 1.39. The van der Waals surface area contributed by atoms with Crippen molar-refractivity contribution in [3.63, 3.8) is 0 Å². The van der Waals surface area contributed by atoms with Crippen LogP contribution in [0.15, 0.2) is 0 Å². The smallest absolute Gasteiger partial charge is 0.326 e. The minimum atomic E-state index is -1.57. The summed E-state index contributed by atoms with van der Waals surface area (Å²) in [6.45, 7) is 4.43. The molecule has 0 saturated heterocycles. The average molecular weight is 465 g/mol. The van der Waals surface area contributed by atoms with Crippen LogP contribution in [-0.4, -0.2) is 87.3 Å². The summed E-state index contributed by atoms with van der Waals surface area (Å²) in [7, 11) is 0. The molecule has 0 saturated carbocycles. The number of hydrogen-bond acceptors (Lipinski definition) is 8. The van der Waals surface area contributed by atoms with Gasteiger partial charge in [-0.15, -0.1) is 0 Å². The number of nitrogens with two attached hydrogens (primary N) is 1. The molecule has 0 rings (SSSR count). The average Bonchev–Trinajstić information content (AvgIpc) is 2.66. The second-order valence-electron chi connectivity index (χ2n) is 7.34. The fourth-order valence-electron chi connectivity index (χ4n) is 2.42. The highest BCUT2D eigenvalue weighted by atomic mass is 32.2. The van der Waals surface area contributed by atoms with E-state index in [9.17, 15) is 34.2 Å². The number of aliphatic carboxylic acids is 2. The molecule has 0 aliphatic carbocycles. The Balaban J connectivity index is 5.48. The van der Waals surface area contributed by atoms with Gasteiger partial charge in [-0.2, -0.15) is 11.8 Å². The zero-order valence-electron chi connectivity index (χ0n) is 18.0. The van der Waals surface area contributed by atoms with E-state index in [1.807, 2.05) is 0 Å². The van der Waals surface area contributed by atoms with E-state index in [0.717, 1.165) is 0 Å². The molecule has 13 heteroatoms. The van der Waals surface area contributed by atoms with Crippen LogP contribution in [0.25, 0.3) is 0 Å². The van der Waals surface area contributed by atoms with Gasteiger partial charge in [0, 0.05) is 0 Å². The Kier molecular flexibility index (Phi) is 12.8. The Morgan fingerprint density at radius 2 is 1.42 bits per heavy atom. The first-order chi connectivity index (χ1) is 14.3. The molecule has 0 aliphatic rings. The molecular weight excluding hydrogens is 432 g/mol. The minimum absolute atomic E-state index is 0.149. The summed E-state index contributed by atoms with van der Waals surface area (Å²) in [5.41, 5.74) is 5.57. The number of hydrogen-bond donors (Lipinski definition) is 7. The van der Waals surface area contributed by atoms with E-state index in [4.69, 9.17) is 10.8 Å². The lowest BCUT2D eigenvalue weighted by atomic mass is 10.0. The first-order valence-electron chi connectivity index (χ1n) is 9.60. The van der Waals surface area contributed by atoms with Gasteiger partial charge in [-0.05, 0) is 31.3 Å². The molecule has 0 heterocycles. The van der Waals surface area contributed by atoms with Gasteiger partial charge in [0.15, 0.2) is 0 Å². The van der Waals surface area contributed by atoms with Gasteiger partial charge in [0.05, 0.1) is 12.5 Å². The third-order valence-electron chi connectivity index (χ3n) is 4.31. The van der Waals surface area contributed by atoms with Crippen molar-refractivity contribution in [1.82, 2.24) is 16.0 Å². The highest BCUT2D eigenvalue weighted by Crippen LogP contribution is 2.06. The van der Waals surface area contributed by atoms with E-state index < -0.39 is 72.3 Å². The van der Waals surface area contributed by atoms with E-state index in [1.54, 1.807) is 20.1 Å². The van der Waals surface area contributed by atoms with Gasteiger partial charge in [-0.1, -0.05) is 13.8 Å². The quantitative estimate of drug-likeness (QED) is 0.152. The molecule has 3 amide bonds. The predicted molar refractivity (Wildman–Crippen MR) is 113 cm³/mol. The lowest BCUT2D eigenvalue weighted by Gasteiger charge is -2.25. The van der Waals surface area contributed by atoms with Crippen LogP contribution in [0.1, 0.15) is 33.6 Å². The monoisotopic (exact) mass is 464 g/mol. The number of amides is 3. The van der Waals surface area contributed by atoms with Crippen LogP contribution in [0.4, 0.5) is 0 Å². The number of carbonyl (C=O) groups excluding carboxylic acids is 3. The fraction of sp³-hybridized carbons (Fsp3) is 0.722. The van der Waals surface area contributed by atoms with Crippen molar-refractivity contribution < 1.29 is 39.3 Å². The predicted octanol–water partition coefficient (Wildman–Crippen LogP) is -1.88. The molecule has 0 spiro atoms. The lowest BCUT2D eigenvalue weighted by molar-refractivity contribution is -0.144. The number of thioether (sulfide) groups is 1. The van der Waals surface area contributed by atoms with Gasteiger partial charge in [0.1, 0.15) is 24.2 Å². The van der Waals surface area contributed by atoms with Crippen LogP contribution >= 0.6 is 11.8 Å². The molecule has 0 bridgehead atoms. The summed E-state index contributed by atoms with van der Waals surface area (Å²) in [4.78, 5) is 59.8. The van der Waals surface area contributed by atoms with E-state index in [1.165, 1.54) is 18.7 Å². The van der Waals surface area contributed by atoms with Crippen LogP contribution in [0.3, 0.4) is 0 Å². The number of aliphatic hydroxyl groups excluding tert-OH is 1. The van der Waals surface area contributed by atoms with Crippen molar-refractivity contribution in [3.05, 3.63) is 0 Å². The summed E-state index contributed by atoms with van der Waals surface area (Å²) in [6.07, 6.45) is -0.0371. The number of rotatable bonds is 14. The second-order valence-corrected chi connectivity index (χ2v) is 8.32. The molecule has 0 aromatic rings. The van der Waals surface area contributed by atoms with E-state index >= 15 is 0 Å². The maximum atomic E-state index is 12.7. The molecule has 12 nitrogen and oxygen atoms in total. The number of nitrogens with one attached hydrogen (secondary N) is 3. The SMILES string of the molecule is CSCCC(NC(=O)C(N)C(C)O)C(=O)NC(CC(=O)O)C(=O)NC(C(=O)O)C(C)C. The van der Waals surface area contributed by atoms with Crippen molar-refractivity contribution in [2.24, 2.45) is 11.7 Å². The number of aliphatic hydroxyl groups is 1. The topological polar surface area (TPSA) is 208 Å². The molecule has 0 fully saturated rings.